The molecule has 0 bridgehead atoms. The average molecular weight is 182 g/mol. The summed E-state index contributed by atoms with van der Waals surface area (Å²) in [4.78, 5) is 10.9. The minimum absolute atomic E-state index is 0.204. The number of esters is 1. The molecule has 1 aliphatic carbocycles. The zero-order valence-corrected chi connectivity index (χ0v) is 8.45. The lowest BCUT2D eigenvalue weighted by molar-refractivity contribution is -0.137. The van der Waals surface area contributed by atoms with Crippen LogP contribution >= 0.6 is 0 Å². The van der Waals surface area contributed by atoms with Gasteiger partial charge in [0.15, 0.2) is 0 Å². The van der Waals surface area contributed by atoms with Crippen LogP contribution in [0.5, 0.6) is 0 Å². The Kier molecular flexibility index (Phi) is 4.00. The number of ether oxygens (including phenoxy) is 1. The van der Waals surface area contributed by atoms with Gasteiger partial charge in [-0.15, -0.1) is 0 Å². The van der Waals surface area contributed by atoms with Gasteiger partial charge in [0.25, 0.3) is 0 Å². The molecule has 2 heteroatoms. The van der Waals surface area contributed by atoms with Crippen LogP contribution in [-0.4, -0.2) is 12.6 Å². The van der Waals surface area contributed by atoms with Gasteiger partial charge in [0.1, 0.15) is 0 Å². The Morgan fingerprint density at radius 3 is 2.92 bits per heavy atom. The van der Waals surface area contributed by atoms with Crippen LogP contribution in [0.1, 0.15) is 33.1 Å². The Balaban J connectivity index is 2.15. The van der Waals surface area contributed by atoms with Crippen molar-refractivity contribution in [2.75, 3.05) is 6.61 Å². The molecular weight excluding hydrogens is 164 g/mol. The maximum atomic E-state index is 10.9. The lowest BCUT2D eigenvalue weighted by Gasteiger charge is -1.94. The molecule has 0 unspecified atom stereocenters. The summed E-state index contributed by atoms with van der Waals surface area (Å²) in [5, 5.41) is 0. The van der Waals surface area contributed by atoms with E-state index in [-0.39, 0.29) is 5.97 Å². The van der Waals surface area contributed by atoms with Crippen molar-refractivity contribution >= 4 is 5.97 Å². The van der Waals surface area contributed by atoms with Crippen LogP contribution in [0.3, 0.4) is 0 Å². The normalized spacial score (nSPS) is 26.3. The summed E-state index contributed by atoms with van der Waals surface area (Å²) in [5.74, 6) is 1.27. The predicted octanol–water partition coefficient (Wildman–Crippen LogP) is 2.54. The molecule has 0 N–H and O–H groups in total. The van der Waals surface area contributed by atoms with Crippen LogP contribution in [0.4, 0.5) is 0 Å². The molecule has 0 saturated heterocycles. The number of carbonyl (C=O) groups excluding carboxylic acids is 1. The Hall–Kier alpha value is -0.790. The van der Waals surface area contributed by atoms with Crippen molar-refractivity contribution in [1.82, 2.24) is 0 Å². The van der Waals surface area contributed by atoms with Gasteiger partial charge in [-0.2, -0.15) is 0 Å². The van der Waals surface area contributed by atoms with Crippen molar-refractivity contribution < 1.29 is 9.53 Å². The maximum absolute atomic E-state index is 10.9. The summed E-state index contributed by atoms with van der Waals surface area (Å²) >= 11 is 0. The van der Waals surface area contributed by atoms with Crippen molar-refractivity contribution in [3.63, 3.8) is 0 Å². The van der Waals surface area contributed by atoms with Gasteiger partial charge in [0, 0.05) is 6.08 Å². The number of hydrogen-bond acceptors (Lipinski definition) is 2. The van der Waals surface area contributed by atoms with Crippen LogP contribution < -0.4 is 0 Å². The van der Waals surface area contributed by atoms with E-state index < -0.39 is 0 Å². The first-order chi connectivity index (χ1) is 6.27. The van der Waals surface area contributed by atoms with Crippen molar-refractivity contribution in [3.8, 4) is 0 Å². The molecule has 0 aliphatic heterocycles. The summed E-state index contributed by atoms with van der Waals surface area (Å²) in [6.45, 7) is 4.49. The van der Waals surface area contributed by atoms with E-state index in [4.69, 9.17) is 4.74 Å². The second kappa shape index (κ2) is 5.05. The predicted molar refractivity (Wildman–Crippen MR) is 52.3 cm³/mol. The number of hydrogen-bond donors (Lipinski definition) is 0. The highest BCUT2D eigenvalue weighted by molar-refractivity contribution is 5.81. The van der Waals surface area contributed by atoms with Gasteiger partial charge in [-0.25, -0.2) is 4.79 Å². The molecule has 0 aromatic rings. The van der Waals surface area contributed by atoms with Crippen LogP contribution in [0.25, 0.3) is 0 Å². The topological polar surface area (TPSA) is 26.3 Å². The van der Waals surface area contributed by atoms with E-state index in [9.17, 15) is 4.79 Å². The zero-order valence-electron chi connectivity index (χ0n) is 8.45. The first-order valence-corrected chi connectivity index (χ1v) is 5.12. The molecule has 0 spiro atoms. The first-order valence-electron chi connectivity index (χ1n) is 5.12. The van der Waals surface area contributed by atoms with Crippen molar-refractivity contribution in [2.24, 2.45) is 11.8 Å². The molecule has 1 aliphatic rings. The van der Waals surface area contributed by atoms with Crippen molar-refractivity contribution in [2.45, 2.75) is 33.1 Å². The van der Waals surface area contributed by atoms with Gasteiger partial charge in [-0.05, 0) is 25.2 Å². The van der Waals surface area contributed by atoms with E-state index in [1.165, 1.54) is 19.3 Å². The van der Waals surface area contributed by atoms with Crippen LogP contribution in [0, 0.1) is 11.8 Å². The summed E-state index contributed by atoms with van der Waals surface area (Å²) in [5.41, 5.74) is 0. The van der Waals surface area contributed by atoms with Crippen molar-refractivity contribution in [1.29, 1.82) is 0 Å². The molecular formula is C11H18O2. The second-order valence-electron chi connectivity index (χ2n) is 3.56. The minimum atomic E-state index is -0.204. The lowest BCUT2D eigenvalue weighted by Crippen LogP contribution is -1.98. The molecule has 1 fully saturated rings. The SMILES string of the molecule is CCC[C@H]1C[C@@H]1/C=C/C(=O)OCC. The zero-order chi connectivity index (χ0) is 9.68. The highest BCUT2D eigenvalue weighted by atomic mass is 16.5. The van der Waals surface area contributed by atoms with Crippen LogP contribution in [0.2, 0.25) is 0 Å². The van der Waals surface area contributed by atoms with Crippen LogP contribution in [-0.2, 0) is 9.53 Å². The number of allylic oxidation sites excluding steroid dienone is 1. The van der Waals surface area contributed by atoms with E-state index in [1.54, 1.807) is 6.08 Å². The third-order valence-corrected chi connectivity index (χ3v) is 2.40. The summed E-state index contributed by atoms with van der Waals surface area (Å²) in [6.07, 6.45) is 7.36. The molecule has 13 heavy (non-hydrogen) atoms. The van der Waals surface area contributed by atoms with E-state index in [0.717, 1.165) is 5.92 Å². The summed E-state index contributed by atoms with van der Waals surface area (Å²) < 4.78 is 4.79. The third kappa shape index (κ3) is 3.62. The molecule has 0 amide bonds. The van der Waals surface area contributed by atoms with E-state index in [1.807, 2.05) is 13.0 Å². The number of rotatable bonds is 5. The summed E-state index contributed by atoms with van der Waals surface area (Å²) in [6, 6.07) is 0. The largest absolute Gasteiger partial charge is 0.463 e. The van der Waals surface area contributed by atoms with Gasteiger partial charge in [-0.1, -0.05) is 25.8 Å². The lowest BCUT2D eigenvalue weighted by atomic mass is 10.2. The molecule has 74 valence electrons. The molecule has 0 aromatic carbocycles. The average Bonchev–Trinajstić information content (AvgIpc) is 2.82. The fraction of sp³-hybridized carbons (Fsp3) is 0.727. The molecule has 0 heterocycles. The van der Waals surface area contributed by atoms with Gasteiger partial charge >= 0.3 is 5.97 Å². The third-order valence-electron chi connectivity index (χ3n) is 2.40. The molecule has 0 aromatic heterocycles. The van der Waals surface area contributed by atoms with E-state index in [2.05, 4.69) is 6.92 Å². The quantitative estimate of drug-likeness (QED) is 0.482. The van der Waals surface area contributed by atoms with Gasteiger partial charge in [0.05, 0.1) is 6.61 Å². The highest BCUT2D eigenvalue weighted by Crippen LogP contribution is 2.42. The Morgan fingerprint density at radius 1 is 1.54 bits per heavy atom. The van der Waals surface area contributed by atoms with E-state index >= 15 is 0 Å². The molecule has 0 radical (unpaired) electrons. The fourth-order valence-corrected chi connectivity index (χ4v) is 1.60. The molecule has 1 saturated carbocycles. The van der Waals surface area contributed by atoms with Gasteiger partial charge < -0.3 is 4.74 Å². The highest BCUT2D eigenvalue weighted by Gasteiger charge is 2.33. The smallest absolute Gasteiger partial charge is 0.330 e. The molecule has 1 rings (SSSR count). The van der Waals surface area contributed by atoms with Crippen molar-refractivity contribution in [3.05, 3.63) is 12.2 Å². The molecule has 2 nitrogen and oxygen atoms in total. The first kappa shape index (κ1) is 10.3. The van der Waals surface area contributed by atoms with E-state index in [0.29, 0.717) is 12.5 Å². The van der Waals surface area contributed by atoms with Crippen LogP contribution in [0.15, 0.2) is 12.2 Å². The second-order valence-corrected chi connectivity index (χ2v) is 3.56. The maximum Gasteiger partial charge on any atom is 0.330 e. The van der Waals surface area contributed by atoms with Gasteiger partial charge in [0.2, 0.25) is 0 Å². The minimum Gasteiger partial charge on any atom is -0.463 e. The Bertz CT molecular complexity index is 196. The standard InChI is InChI=1S/C11H18O2/c1-3-5-9-8-10(9)6-7-11(12)13-4-2/h6-7,9-10H,3-5,8H2,1-2H3/b7-6+/t9-,10-/m0/s1. The monoisotopic (exact) mass is 182 g/mol. The Labute approximate surface area is 80.0 Å². The Morgan fingerprint density at radius 2 is 2.31 bits per heavy atom. The summed E-state index contributed by atoms with van der Waals surface area (Å²) in [7, 11) is 0. The fourth-order valence-electron chi connectivity index (χ4n) is 1.60. The van der Waals surface area contributed by atoms with Gasteiger partial charge in [-0.3, -0.25) is 0 Å². The number of carbonyl (C=O) groups is 1. The molecule has 2 atom stereocenters.